The zero-order valence-corrected chi connectivity index (χ0v) is 19.6. The molecule has 0 unspecified atom stereocenters. The SMILES string of the molecule is CNC(=O)OCCOCCOCCOCCNC(=O)Cc1ccc(OCc2ccccc2)cc1. The standard InChI is InChI=1S/C25H34N2O7/c1-26-25(29)33-18-17-32-16-15-31-14-13-30-12-11-27-24(28)19-21-7-9-23(10-8-21)34-20-22-5-3-2-4-6-22/h2-10H,11-20H2,1H3,(H,26,29)(H,27,28). The van der Waals surface area contributed by atoms with Crippen molar-refractivity contribution in [2.45, 2.75) is 13.0 Å². The molecule has 0 bridgehead atoms. The first-order valence-electron chi connectivity index (χ1n) is 11.3. The lowest BCUT2D eigenvalue weighted by molar-refractivity contribution is -0.120. The van der Waals surface area contributed by atoms with E-state index in [4.69, 9.17) is 23.7 Å². The lowest BCUT2D eigenvalue weighted by Crippen LogP contribution is -2.29. The fourth-order valence-electron chi connectivity index (χ4n) is 2.76. The van der Waals surface area contributed by atoms with Gasteiger partial charge in [0, 0.05) is 13.6 Å². The molecule has 0 spiro atoms. The van der Waals surface area contributed by atoms with E-state index in [1.54, 1.807) is 0 Å². The van der Waals surface area contributed by atoms with Gasteiger partial charge in [-0.3, -0.25) is 4.79 Å². The third-order valence-electron chi connectivity index (χ3n) is 4.51. The number of carbonyl (C=O) groups is 2. The summed E-state index contributed by atoms with van der Waals surface area (Å²) < 4.78 is 26.6. The van der Waals surface area contributed by atoms with Gasteiger partial charge >= 0.3 is 6.09 Å². The van der Waals surface area contributed by atoms with E-state index in [9.17, 15) is 9.59 Å². The van der Waals surface area contributed by atoms with Crippen LogP contribution in [0.15, 0.2) is 54.6 Å². The van der Waals surface area contributed by atoms with E-state index < -0.39 is 6.09 Å². The molecule has 186 valence electrons. The van der Waals surface area contributed by atoms with E-state index in [-0.39, 0.29) is 12.5 Å². The van der Waals surface area contributed by atoms with E-state index in [1.807, 2.05) is 54.6 Å². The van der Waals surface area contributed by atoms with Crippen molar-refractivity contribution in [2.24, 2.45) is 0 Å². The van der Waals surface area contributed by atoms with Gasteiger partial charge in [0.15, 0.2) is 0 Å². The minimum Gasteiger partial charge on any atom is -0.489 e. The molecular weight excluding hydrogens is 440 g/mol. The number of ether oxygens (including phenoxy) is 5. The van der Waals surface area contributed by atoms with Crippen LogP contribution < -0.4 is 15.4 Å². The number of hydrogen-bond donors (Lipinski definition) is 2. The second-order valence-corrected chi connectivity index (χ2v) is 7.17. The molecule has 2 aromatic rings. The zero-order valence-electron chi connectivity index (χ0n) is 19.6. The number of benzene rings is 2. The maximum Gasteiger partial charge on any atom is 0.406 e. The number of amides is 2. The highest BCUT2D eigenvalue weighted by Crippen LogP contribution is 2.14. The summed E-state index contributed by atoms with van der Waals surface area (Å²) >= 11 is 0. The molecule has 0 radical (unpaired) electrons. The van der Waals surface area contributed by atoms with Crippen molar-refractivity contribution in [3.8, 4) is 5.75 Å². The second kappa shape index (κ2) is 17.4. The van der Waals surface area contributed by atoms with Crippen molar-refractivity contribution in [2.75, 3.05) is 59.8 Å². The Hall–Kier alpha value is -3.14. The first-order valence-corrected chi connectivity index (χ1v) is 11.3. The Kier molecular flexibility index (Phi) is 13.8. The number of nitrogens with one attached hydrogen (secondary N) is 2. The van der Waals surface area contributed by atoms with Crippen LogP contribution in [0, 0.1) is 0 Å². The van der Waals surface area contributed by atoms with Crippen LogP contribution in [-0.2, 0) is 36.8 Å². The average Bonchev–Trinajstić information content (AvgIpc) is 2.86. The van der Waals surface area contributed by atoms with Crippen molar-refractivity contribution >= 4 is 12.0 Å². The largest absolute Gasteiger partial charge is 0.489 e. The number of hydrogen-bond acceptors (Lipinski definition) is 7. The topological polar surface area (TPSA) is 104 Å². The second-order valence-electron chi connectivity index (χ2n) is 7.17. The molecule has 0 fully saturated rings. The molecule has 2 amide bonds. The van der Waals surface area contributed by atoms with Crippen molar-refractivity contribution in [1.82, 2.24) is 10.6 Å². The fraction of sp³-hybridized carbons (Fsp3) is 0.440. The van der Waals surface area contributed by atoms with Crippen LogP contribution in [0.5, 0.6) is 5.75 Å². The minimum absolute atomic E-state index is 0.0599. The van der Waals surface area contributed by atoms with Gasteiger partial charge in [0.2, 0.25) is 5.91 Å². The normalized spacial score (nSPS) is 10.5. The minimum atomic E-state index is -0.480. The van der Waals surface area contributed by atoms with Gasteiger partial charge < -0.3 is 34.3 Å². The van der Waals surface area contributed by atoms with Crippen LogP contribution >= 0.6 is 0 Å². The summed E-state index contributed by atoms with van der Waals surface area (Å²) in [6.45, 7) is 3.58. The molecule has 0 atom stereocenters. The summed E-state index contributed by atoms with van der Waals surface area (Å²) in [4.78, 5) is 22.9. The molecule has 0 aromatic heterocycles. The summed E-state index contributed by atoms with van der Waals surface area (Å²) in [5.41, 5.74) is 2.02. The predicted octanol–water partition coefficient (Wildman–Crippen LogP) is 2.33. The van der Waals surface area contributed by atoms with Crippen molar-refractivity contribution in [1.29, 1.82) is 0 Å². The molecule has 9 heteroatoms. The third-order valence-corrected chi connectivity index (χ3v) is 4.51. The zero-order chi connectivity index (χ0) is 24.3. The van der Waals surface area contributed by atoms with Gasteiger partial charge in [-0.15, -0.1) is 0 Å². The van der Waals surface area contributed by atoms with Gasteiger partial charge in [-0.2, -0.15) is 0 Å². The van der Waals surface area contributed by atoms with Crippen molar-refractivity contribution in [3.05, 3.63) is 65.7 Å². The summed E-state index contributed by atoms with van der Waals surface area (Å²) in [5, 5.41) is 5.19. The highest BCUT2D eigenvalue weighted by atomic mass is 16.6. The van der Waals surface area contributed by atoms with Gasteiger partial charge in [0.1, 0.15) is 19.0 Å². The molecule has 0 aliphatic rings. The van der Waals surface area contributed by atoms with Gasteiger partial charge in [0.05, 0.1) is 46.1 Å². The van der Waals surface area contributed by atoms with E-state index >= 15 is 0 Å². The summed E-state index contributed by atoms with van der Waals surface area (Å²) in [6.07, 6.45) is -0.178. The van der Waals surface area contributed by atoms with E-state index in [2.05, 4.69) is 10.6 Å². The van der Waals surface area contributed by atoms with Gasteiger partial charge in [-0.25, -0.2) is 4.79 Å². The lowest BCUT2D eigenvalue weighted by Gasteiger charge is -2.09. The Morgan fingerprint density at radius 3 is 2.00 bits per heavy atom. The fourth-order valence-corrected chi connectivity index (χ4v) is 2.76. The molecule has 2 aromatic carbocycles. The Balaban J connectivity index is 1.42. The number of alkyl carbamates (subject to hydrolysis) is 1. The number of carbonyl (C=O) groups excluding carboxylic acids is 2. The van der Waals surface area contributed by atoms with Crippen LogP contribution in [0.4, 0.5) is 4.79 Å². The van der Waals surface area contributed by atoms with E-state index in [0.717, 1.165) is 16.9 Å². The Labute approximate surface area is 200 Å². The maximum absolute atomic E-state index is 12.1. The Bertz CT molecular complexity index is 816. The predicted molar refractivity (Wildman–Crippen MR) is 127 cm³/mol. The molecule has 0 saturated heterocycles. The van der Waals surface area contributed by atoms with Crippen LogP contribution in [0.25, 0.3) is 0 Å². The summed E-state index contributed by atoms with van der Waals surface area (Å²) in [7, 11) is 1.50. The van der Waals surface area contributed by atoms with Crippen molar-refractivity contribution in [3.63, 3.8) is 0 Å². The smallest absolute Gasteiger partial charge is 0.406 e. The van der Waals surface area contributed by atoms with Gasteiger partial charge in [-0.1, -0.05) is 42.5 Å². The lowest BCUT2D eigenvalue weighted by atomic mass is 10.1. The van der Waals surface area contributed by atoms with Gasteiger partial charge in [0.25, 0.3) is 0 Å². The quantitative estimate of drug-likeness (QED) is 0.339. The highest BCUT2D eigenvalue weighted by Gasteiger charge is 2.04. The molecule has 2 N–H and O–H groups in total. The van der Waals surface area contributed by atoms with E-state index in [1.165, 1.54) is 7.05 Å². The molecule has 0 heterocycles. The molecule has 9 nitrogen and oxygen atoms in total. The Morgan fingerprint density at radius 1 is 0.735 bits per heavy atom. The van der Waals surface area contributed by atoms with Crippen LogP contribution in [0.1, 0.15) is 11.1 Å². The maximum atomic E-state index is 12.1. The first kappa shape index (κ1) is 27.1. The summed E-state index contributed by atoms with van der Waals surface area (Å²) in [6, 6.07) is 17.5. The van der Waals surface area contributed by atoms with Gasteiger partial charge in [-0.05, 0) is 23.3 Å². The molecular formula is C25H34N2O7. The molecule has 0 saturated carbocycles. The first-order chi connectivity index (χ1) is 16.7. The molecule has 34 heavy (non-hydrogen) atoms. The van der Waals surface area contributed by atoms with E-state index in [0.29, 0.717) is 59.2 Å². The summed E-state index contributed by atoms with van der Waals surface area (Å²) in [5.74, 6) is 0.709. The van der Waals surface area contributed by atoms with Crippen molar-refractivity contribution < 1.29 is 33.3 Å². The molecule has 2 rings (SSSR count). The average molecular weight is 475 g/mol. The Morgan fingerprint density at radius 2 is 1.35 bits per heavy atom. The number of rotatable bonds is 17. The van der Waals surface area contributed by atoms with Crippen LogP contribution in [-0.4, -0.2) is 71.8 Å². The monoisotopic (exact) mass is 474 g/mol. The highest BCUT2D eigenvalue weighted by molar-refractivity contribution is 5.78. The third kappa shape index (κ3) is 12.8. The molecule has 0 aliphatic carbocycles. The van der Waals surface area contributed by atoms with Crippen LogP contribution in [0.3, 0.4) is 0 Å². The molecule has 0 aliphatic heterocycles. The van der Waals surface area contributed by atoms with Crippen LogP contribution in [0.2, 0.25) is 0 Å².